The minimum Gasteiger partial charge on any atom is -0.477 e. The van der Waals surface area contributed by atoms with Crippen molar-refractivity contribution < 1.29 is 27.5 Å². The van der Waals surface area contributed by atoms with E-state index in [0.29, 0.717) is 23.5 Å². The molecule has 1 aliphatic carbocycles. The number of hydrogen-bond donors (Lipinski definition) is 2. The maximum Gasteiger partial charge on any atom is 0.420 e. The number of aromatic carboxylic acids is 1. The molecular formula is C25H22F3N3O3. The zero-order valence-electron chi connectivity index (χ0n) is 18.3. The Kier molecular flexibility index (Phi) is 5.15. The minimum absolute atomic E-state index is 0.0767. The van der Waals surface area contributed by atoms with Crippen LogP contribution in [0.15, 0.2) is 46.9 Å². The molecule has 1 fully saturated rings. The number of rotatable bonds is 6. The van der Waals surface area contributed by atoms with Crippen molar-refractivity contribution in [3.8, 4) is 11.3 Å². The molecule has 0 unspecified atom stereocenters. The number of furan rings is 1. The summed E-state index contributed by atoms with van der Waals surface area (Å²) in [4.78, 5) is 16.6. The van der Waals surface area contributed by atoms with E-state index in [0.717, 1.165) is 12.8 Å². The molecule has 0 aliphatic heterocycles. The summed E-state index contributed by atoms with van der Waals surface area (Å²) in [5.41, 5.74) is 6.64. The van der Waals surface area contributed by atoms with Crippen LogP contribution in [-0.4, -0.2) is 20.6 Å². The van der Waals surface area contributed by atoms with Gasteiger partial charge >= 0.3 is 12.1 Å². The predicted octanol–water partition coefficient (Wildman–Crippen LogP) is 6.08. The monoisotopic (exact) mass is 469 g/mol. The summed E-state index contributed by atoms with van der Waals surface area (Å²) in [6.07, 6.45) is -2.40. The summed E-state index contributed by atoms with van der Waals surface area (Å²) in [6.45, 7) is 1.96. The van der Waals surface area contributed by atoms with Crippen molar-refractivity contribution >= 4 is 22.6 Å². The largest absolute Gasteiger partial charge is 0.477 e. The van der Waals surface area contributed by atoms with Gasteiger partial charge in [0.15, 0.2) is 5.69 Å². The number of aromatic nitrogens is 2. The number of carboxylic acids is 1. The fraction of sp³-hybridized carbons (Fsp3) is 0.280. The topological polar surface area (TPSA) is 94.3 Å². The van der Waals surface area contributed by atoms with Gasteiger partial charge in [-0.1, -0.05) is 25.1 Å². The molecule has 1 aliphatic rings. The molecule has 0 amide bonds. The Morgan fingerprint density at radius 2 is 1.97 bits per heavy atom. The van der Waals surface area contributed by atoms with E-state index in [1.807, 2.05) is 6.92 Å². The number of nitrogens with zero attached hydrogens (tertiary/aromatic N) is 2. The maximum absolute atomic E-state index is 14.2. The van der Waals surface area contributed by atoms with E-state index in [1.54, 1.807) is 22.8 Å². The van der Waals surface area contributed by atoms with Gasteiger partial charge in [-0.15, -0.1) is 0 Å². The summed E-state index contributed by atoms with van der Waals surface area (Å²) in [7, 11) is 0. The molecule has 0 spiro atoms. The van der Waals surface area contributed by atoms with Crippen molar-refractivity contribution in [3.05, 3.63) is 70.8 Å². The zero-order valence-corrected chi connectivity index (χ0v) is 18.3. The van der Waals surface area contributed by atoms with Crippen molar-refractivity contribution in [2.75, 3.05) is 5.73 Å². The van der Waals surface area contributed by atoms with Gasteiger partial charge in [0.25, 0.3) is 0 Å². The van der Waals surface area contributed by atoms with E-state index in [1.165, 1.54) is 24.3 Å². The number of nitrogen functional groups attached to an aromatic ring is 1. The lowest BCUT2D eigenvalue weighted by atomic mass is 10.0. The number of anilines is 1. The molecule has 5 rings (SSSR count). The molecule has 1 saturated carbocycles. The molecule has 2 aromatic carbocycles. The first-order valence-corrected chi connectivity index (χ1v) is 11.0. The summed E-state index contributed by atoms with van der Waals surface area (Å²) >= 11 is 0. The lowest BCUT2D eigenvalue weighted by Gasteiger charge is -2.11. The Bertz CT molecular complexity index is 1410. The van der Waals surface area contributed by atoms with Crippen LogP contribution in [-0.2, 0) is 19.1 Å². The Morgan fingerprint density at radius 1 is 1.24 bits per heavy atom. The average molecular weight is 469 g/mol. The van der Waals surface area contributed by atoms with E-state index in [2.05, 4.69) is 4.98 Å². The third-order valence-corrected chi connectivity index (χ3v) is 6.14. The first kappa shape index (κ1) is 22.1. The minimum atomic E-state index is -4.68. The van der Waals surface area contributed by atoms with Crippen LogP contribution in [0.5, 0.6) is 0 Å². The number of fused-ring (bicyclic) bond motifs is 1. The number of imidazole rings is 1. The Balaban J connectivity index is 1.65. The van der Waals surface area contributed by atoms with Gasteiger partial charge in [0.1, 0.15) is 22.7 Å². The first-order chi connectivity index (χ1) is 16.2. The zero-order chi connectivity index (χ0) is 24.2. The number of para-hydroxylation sites is 1. The van der Waals surface area contributed by atoms with Crippen molar-refractivity contribution in [2.45, 2.75) is 44.8 Å². The highest BCUT2D eigenvalue weighted by Crippen LogP contribution is 2.45. The molecule has 0 bridgehead atoms. The normalized spacial score (nSPS) is 14.1. The number of carboxylic acid groups (broad SMARTS) is 1. The first-order valence-electron chi connectivity index (χ1n) is 11.0. The van der Waals surface area contributed by atoms with Crippen LogP contribution in [0.3, 0.4) is 0 Å². The van der Waals surface area contributed by atoms with Crippen LogP contribution in [0.25, 0.3) is 22.3 Å². The quantitative estimate of drug-likeness (QED) is 0.334. The number of alkyl halides is 3. The van der Waals surface area contributed by atoms with Crippen molar-refractivity contribution in [2.24, 2.45) is 0 Å². The Hall–Kier alpha value is -3.75. The predicted molar refractivity (Wildman–Crippen MR) is 121 cm³/mol. The molecule has 2 heterocycles. The molecule has 6 nitrogen and oxygen atoms in total. The summed E-state index contributed by atoms with van der Waals surface area (Å²) in [6, 6.07) is 10.8. The molecule has 176 valence electrons. The highest BCUT2D eigenvalue weighted by atomic mass is 19.4. The summed E-state index contributed by atoms with van der Waals surface area (Å²) < 4.78 is 49.8. The molecule has 4 aromatic rings. The standard InChI is InChI=1S/C25H22F3N3O3/c1-2-19-30-21(14-8-9-14)22(24(32)33)31(19)12-13-7-10-18-16(11-13)20(25(26,27)28)23(34-18)15-5-3-4-6-17(15)29/h3-7,10-11,14H,2,8-9,12,29H2,1H3,(H,32,33). The van der Waals surface area contributed by atoms with E-state index in [-0.39, 0.29) is 46.1 Å². The second kappa shape index (κ2) is 7.93. The van der Waals surface area contributed by atoms with Gasteiger partial charge in [0.05, 0.1) is 5.69 Å². The molecular weight excluding hydrogens is 447 g/mol. The van der Waals surface area contributed by atoms with Crippen LogP contribution in [0.1, 0.15) is 58.8 Å². The number of aryl methyl sites for hydroxylation is 1. The van der Waals surface area contributed by atoms with Crippen LogP contribution >= 0.6 is 0 Å². The Morgan fingerprint density at radius 3 is 2.59 bits per heavy atom. The van der Waals surface area contributed by atoms with Crippen molar-refractivity contribution in [1.29, 1.82) is 0 Å². The van der Waals surface area contributed by atoms with Crippen LogP contribution < -0.4 is 5.73 Å². The highest BCUT2D eigenvalue weighted by Gasteiger charge is 2.39. The molecule has 34 heavy (non-hydrogen) atoms. The summed E-state index contributed by atoms with van der Waals surface area (Å²) in [5, 5.41) is 9.75. The number of hydrogen-bond acceptors (Lipinski definition) is 4. The average Bonchev–Trinajstić information content (AvgIpc) is 3.45. The highest BCUT2D eigenvalue weighted by molar-refractivity contribution is 5.91. The summed E-state index contributed by atoms with van der Waals surface area (Å²) in [5.74, 6) is -0.696. The van der Waals surface area contributed by atoms with Gasteiger partial charge in [0.2, 0.25) is 0 Å². The van der Waals surface area contributed by atoms with Crippen LogP contribution in [0.4, 0.5) is 18.9 Å². The van der Waals surface area contributed by atoms with Gasteiger partial charge in [-0.2, -0.15) is 13.2 Å². The molecule has 2 aromatic heterocycles. The van der Waals surface area contributed by atoms with Gasteiger partial charge in [0, 0.05) is 35.5 Å². The fourth-order valence-corrected chi connectivity index (χ4v) is 4.43. The SMILES string of the molecule is CCc1nc(C2CC2)c(C(=O)O)n1Cc1ccc2oc(-c3ccccc3N)c(C(F)(F)F)c2c1. The molecule has 9 heteroatoms. The Labute approximate surface area is 192 Å². The second-order valence-electron chi connectivity index (χ2n) is 8.50. The fourth-order valence-electron chi connectivity index (χ4n) is 4.43. The molecule has 3 N–H and O–H groups in total. The van der Waals surface area contributed by atoms with Crippen molar-refractivity contribution in [1.82, 2.24) is 9.55 Å². The smallest absolute Gasteiger partial charge is 0.420 e. The van der Waals surface area contributed by atoms with E-state index >= 15 is 0 Å². The number of benzene rings is 2. The third kappa shape index (κ3) is 3.70. The van der Waals surface area contributed by atoms with E-state index < -0.39 is 17.7 Å². The van der Waals surface area contributed by atoms with Gasteiger partial charge < -0.3 is 19.8 Å². The van der Waals surface area contributed by atoms with E-state index in [9.17, 15) is 23.1 Å². The third-order valence-electron chi connectivity index (χ3n) is 6.14. The molecule has 0 atom stereocenters. The van der Waals surface area contributed by atoms with E-state index in [4.69, 9.17) is 10.2 Å². The maximum atomic E-state index is 14.2. The van der Waals surface area contributed by atoms with Gasteiger partial charge in [-0.05, 0) is 42.7 Å². The lowest BCUT2D eigenvalue weighted by molar-refractivity contribution is -0.136. The van der Waals surface area contributed by atoms with Crippen LogP contribution in [0, 0.1) is 0 Å². The van der Waals surface area contributed by atoms with Crippen molar-refractivity contribution in [3.63, 3.8) is 0 Å². The second-order valence-corrected chi connectivity index (χ2v) is 8.50. The molecule has 0 saturated heterocycles. The molecule has 0 radical (unpaired) electrons. The van der Waals surface area contributed by atoms with Crippen LogP contribution in [0.2, 0.25) is 0 Å². The van der Waals surface area contributed by atoms with Gasteiger partial charge in [-0.25, -0.2) is 9.78 Å². The van der Waals surface area contributed by atoms with Gasteiger partial charge in [-0.3, -0.25) is 0 Å². The lowest BCUT2D eigenvalue weighted by Crippen LogP contribution is -2.13. The number of halogens is 3. The number of carbonyl (C=O) groups is 1. The number of nitrogens with two attached hydrogens (primary N) is 1.